The molecular formula is C20H23NO3. The maximum absolute atomic E-state index is 13.0. The molecule has 1 spiro atoms. The van der Waals surface area contributed by atoms with Crippen molar-refractivity contribution in [3.8, 4) is 0 Å². The summed E-state index contributed by atoms with van der Waals surface area (Å²) in [5.41, 5.74) is 2.08. The molecule has 3 aliphatic carbocycles. The Morgan fingerprint density at radius 1 is 1.12 bits per heavy atom. The van der Waals surface area contributed by atoms with E-state index in [1.165, 1.54) is 0 Å². The van der Waals surface area contributed by atoms with Crippen molar-refractivity contribution in [2.45, 2.75) is 26.7 Å². The van der Waals surface area contributed by atoms with Crippen LogP contribution in [0.15, 0.2) is 36.4 Å². The molecule has 4 nitrogen and oxygen atoms in total. The number of hydrogen-bond acceptors (Lipinski definition) is 3. The Labute approximate surface area is 142 Å². The van der Waals surface area contributed by atoms with Gasteiger partial charge in [-0.15, -0.1) is 0 Å². The zero-order valence-electron chi connectivity index (χ0n) is 14.1. The Bertz CT molecular complexity index is 702. The fourth-order valence-corrected chi connectivity index (χ4v) is 4.78. The quantitative estimate of drug-likeness (QED) is 0.682. The smallest absolute Gasteiger partial charge is 0.310 e. The summed E-state index contributed by atoms with van der Waals surface area (Å²) >= 11 is 0. The van der Waals surface area contributed by atoms with Crippen LogP contribution in [0.3, 0.4) is 0 Å². The lowest BCUT2D eigenvalue weighted by Gasteiger charge is -2.25. The Kier molecular flexibility index (Phi) is 3.52. The Hall–Kier alpha value is -2.10. The van der Waals surface area contributed by atoms with Gasteiger partial charge in [0, 0.05) is 5.69 Å². The first-order valence-corrected chi connectivity index (χ1v) is 8.79. The molecule has 0 saturated heterocycles. The van der Waals surface area contributed by atoms with Gasteiger partial charge < -0.3 is 10.1 Å². The predicted molar refractivity (Wildman–Crippen MR) is 91.2 cm³/mol. The summed E-state index contributed by atoms with van der Waals surface area (Å²) < 4.78 is 5.29. The van der Waals surface area contributed by atoms with Gasteiger partial charge in [0.15, 0.2) is 0 Å². The first-order chi connectivity index (χ1) is 11.6. The molecule has 1 aromatic carbocycles. The van der Waals surface area contributed by atoms with Gasteiger partial charge >= 0.3 is 5.97 Å². The molecular weight excluding hydrogens is 302 g/mol. The van der Waals surface area contributed by atoms with Crippen LogP contribution in [0.5, 0.6) is 0 Å². The van der Waals surface area contributed by atoms with Crippen LogP contribution in [0.1, 0.15) is 25.3 Å². The number of allylic oxidation sites excluding steroid dienone is 2. The van der Waals surface area contributed by atoms with Crippen LogP contribution in [-0.2, 0) is 14.3 Å². The largest absolute Gasteiger partial charge is 0.466 e. The van der Waals surface area contributed by atoms with Crippen molar-refractivity contribution in [2.75, 3.05) is 11.9 Å². The Balaban J connectivity index is 1.59. The zero-order valence-corrected chi connectivity index (χ0v) is 14.1. The highest BCUT2D eigenvalue weighted by Gasteiger charge is 2.70. The monoisotopic (exact) mass is 325 g/mol. The maximum atomic E-state index is 13.0. The minimum absolute atomic E-state index is 0.0555. The second kappa shape index (κ2) is 5.47. The second-order valence-electron chi connectivity index (χ2n) is 7.33. The Morgan fingerprint density at radius 3 is 2.33 bits per heavy atom. The highest BCUT2D eigenvalue weighted by molar-refractivity contribution is 5.97. The van der Waals surface area contributed by atoms with Gasteiger partial charge in [0.2, 0.25) is 5.91 Å². The fourth-order valence-electron chi connectivity index (χ4n) is 4.78. The molecule has 126 valence electrons. The summed E-state index contributed by atoms with van der Waals surface area (Å²) in [5, 5.41) is 3.01. The van der Waals surface area contributed by atoms with Crippen LogP contribution in [-0.4, -0.2) is 18.5 Å². The van der Waals surface area contributed by atoms with Gasteiger partial charge in [0.05, 0.1) is 18.4 Å². The zero-order chi connectivity index (χ0) is 16.9. The summed E-state index contributed by atoms with van der Waals surface area (Å²) in [5.74, 6) is -0.599. The third-order valence-corrected chi connectivity index (χ3v) is 6.02. The molecule has 2 fully saturated rings. The molecule has 1 aromatic rings. The molecule has 3 aliphatic rings. The molecule has 2 bridgehead atoms. The van der Waals surface area contributed by atoms with Crippen molar-refractivity contribution in [2.24, 2.45) is 29.1 Å². The van der Waals surface area contributed by atoms with Crippen LogP contribution in [0, 0.1) is 36.0 Å². The van der Waals surface area contributed by atoms with Crippen molar-refractivity contribution >= 4 is 17.6 Å². The second-order valence-corrected chi connectivity index (χ2v) is 7.33. The summed E-state index contributed by atoms with van der Waals surface area (Å²) in [6.07, 6.45) is 6.53. The van der Waals surface area contributed by atoms with Crippen molar-refractivity contribution in [1.29, 1.82) is 0 Å². The van der Waals surface area contributed by atoms with E-state index in [0.29, 0.717) is 6.61 Å². The molecule has 1 N–H and O–H groups in total. The molecule has 0 radical (unpaired) electrons. The lowest BCUT2D eigenvalue weighted by atomic mass is 9.82. The number of carbonyl (C=O) groups is 2. The van der Waals surface area contributed by atoms with E-state index in [1.807, 2.05) is 38.1 Å². The number of amides is 1. The molecule has 4 rings (SSSR count). The number of aryl methyl sites for hydroxylation is 1. The standard InChI is InChI=1S/C20H23NO3/c1-3-24-19(23)17-15-9-8-14(20(15)10-11-20)16(17)18(22)21-13-6-4-12(2)5-7-13/h4-9,14-17H,3,10-11H2,1-2H3,(H,21,22). The molecule has 24 heavy (non-hydrogen) atoms. The molecule has 0 aliphatic heterocycles. The number of anilines is 1. The van der Waals surface area contributed by atoms with Crippen LogP contribution >= 0.6 is 0 Å². The summed E-state index contributed by atoms with van der Waals surface area (Å²) in [7, 11) is 0. The SMILES string of the molecule is CCOC(=O)C1C(C(=O)Nc2ccc(C)cc2)C2C=CC1C21CC1. The number of esters is 1. The van der Waals surface area contributed by atoms with Gasteiger partial charge in [-0.25, -0.2) is 0 Å². The van der Waals surface area contributed by atoms with Crippen LogP contribution in [0.4, 0.5) is 5.69 Å². The Morgan fingerprint density at radius 2 is 1.75 bits per heavy atom. The third kappa shape index (κ3) is 2.20. The summed E-state index contributed by atoms with van der Waals surface area (Å²) in [4.78, 5) is 25.5. The van der Waals surface area contributed by atoms with Gasteiger partial charge in [-0.3, -0.25) is 9.59 Å². The first kappa shape index (κ1) is 15.4. The molecule has 4 atom stereocenters. The van der Waals surface area contributed by atoms with Crippen molar-refractivity contribution in [3.63, 3.8) is 0 Å². The van der Waals surface area contributed by atoms with Crippen molar-refractivity contribution in [3.05, 3.63) is 42.0 Å². The highest BCUT2D eigenvalue weighted by Crippen LogP contribution is 2.72. The van der Waals surface area contributed by atoms with Crippen LogP contribution in [0.25, 0.3) is 0 Å². The normalized spacial score (nSPS) is 31.2. The van der Waals surface area contributed by atoms with Crippen LogP contribution < -0.4 is 5.32 Å². The minimum Gasteiger partial charge on any atom is -0.466 e. The van der Waals surface area contributed by atoms with Crippen molar-refractivity contribution < 1.29 is 14.3 Å². The van der Waals surface area contributed by atoms with E-state index < -0.39 is 0 Å². The van der Waals surface area contributed by atoms with E-state index >= 15 is 0 Å². The summed E-state index contributed by atoms with van der Waals surface area (Å²) in [6.45, 7) is 4.19. The van der Waals surface area contributed by atoms with E-state index in [-0.39, 0.29) is 41.0 Å². The van der Waals surface area contributed by atoms with E-state index in [1.54, 1.807) is 0 Å². The predicted octanol–water partition coefficient (Wildman–Crippen LogP) is 3.33. The maximum Gasteiger partial charge on any atom is 0.310 e. The average Bonchev–Trinajstić information content (AvgIpc) is 3.23. The third-order valence-electron chi connectivity index (χ3n) is 6.02. The molecule has 0 heterocycles. The van der Waals surface area contributed by atoms with Gasteiger partial charge in [-0.2, -0.15) is 0 Å². The molecule has 0 aromatic heterocycles. The first-order valence-electron chi connectivity index (χ1n) is 8.79. The average molecular weight is 325 g/mol. The lowest BCUT2D eigenvalue weighted by Crippen LogP contribution is -2.37. The van der Waals surface area contributed by atoms with E-state index in [2.05, 4.69) is 17.5 Å². The van der Waals surface area contributed by atoms with Crippen molar-refractivity contribution in [1.82, 2.24) is 0 Å². The number of carbonyl (C=O) groups excluding carboxylic acids is 2. The van der Waals surface area contributed by atoms with E-state index in [0.717, 1.165) is 24.1 Å². The summed E-state index contributed by atoms with van der Waals surface area (Å²) in [6, 6.07) is 7.76. The number of ether oxygens (including phenoxy) is 1. The van der Waals surface area contributed by atoms with Gasteiger partial charge in [0.25, 0.3) is 0 Å². The van der Waals surface area contributed by atoms with Gasteiger partial charge in [0.1, 0.15) is 0 Å². The molecule has 4 heteroatoms. The lowest BCUT2D eigenvalue weighted by molar-refractivity contribution is -0.152. The molecule has 4 unspecified atom stereocenters. The van der Waals surface area contributed by atoms with Gasteiger partial charge in [-0.1, -0.05) is 29.8 Å². The number of benzene rings is 1. The minimum atomic E-state index is -0.340. The number of rotatable bonds is 4. The fraction of sp³-hybridized carbons (Fsp3) is 0.500. The highest BCUT2D eigenvalue weighted by atomic mass is 16.5. The van der Waals surface area contributed by atoms with Gasteiger partial charge in [-0.05, 0) is 56.1 Å². The number of hydrogen-bond donors (Lipinski definition) is 1. The molecule has 2 saturated carbocycles. The van der Waals surface area contributed by atoms with E-state index in [4.69, 9.17) is 4.74 Å². The molecule has 1 amide bonds. The topological polar surface area (TPSA) is 55.4 Å². The van der Waals surface area contributed by atoms with E-state index in [9.17, 15) is 9.59 Å². The van der Waals surface area contributed by atoms with Crippen LogP contribution in [0.2, 0.25) is 0 Å². The number of nitrogens with one attached hydrogen (secondary N) is 1.